The summed E-state index contributed by atoms with van der Waals surface area (Å²) in [6.45, 7) is 0.0872. The predicted molar refractivity (Wildman–Crippen MR) is 105 cm³/mol. The molecule has 0 aliphatic carbocycles. The fraction of sp³-hybridized carbons (Fsp3) is 0.150. The molecule has 4 aromatic rings. The third-order valence-corrected chi connectivity index (χ3v) is 5.67. The number of hydrogen-bond acceptors (Lipinski definition) is 5. The van der Waals surface area contributed by atoms with Gasteiger partial charge in [0.2, 0.25) is 5.89 Å². The highest BCUT2D eigenvalue weighted by Crippen LogP contribution is 2.25. The number of carbonyl (C=O) groups is 2. The number of oxazole rings is 1. The largest absolute Gasteiger partial charge is 0.443 e. The van der Waals surface area contributed by atoms with Crippen molar-refractivity contribution >= 4 is 34.2 Å². The summed E-state index contributed by atoms with van der Waals surface area (Å²) in [5, 5.41) is 5.77. The number of nitrogens with one attached hydrogen (secondary N) is 2. The molecule has 0 bridgehead atoms. The van der Waals surface area contributed by atoms with Crippen LogP contribution in [-0.4, -0.2) is 32.8 Å². The van der Waals surface area contributed by atoms with Gasteiger partial charge in [0.15, 0.2) is 0 Å². The lowest BCUT2D eigenvalue weighted by molar-refractivity contribution is -0.127. The number of rotatable bonds is 5. The fourth-order valence-electron chi connectivity index (χ4n) is 3.44. The Labute approximate surface area is 164 Å². The molecule has 5 rings (SSSR count). The van der Waals surface area contributed by atoms with E-state index >= 15 is 0 Å². The minimum absolute atomic E-state index is 0.0872. The molecule has 0 unspecified atom stereocenters. The van der Waals surface area contributed by atoms with Gasteiger partial charge in [-0.15, -0.1) is 11.3 Å². The van der Waals surface area contributed by atoms with Crippen LogP contribution < -0.4 is 5.32 Å². The molecule has 0 radical (unpaired) electrons. The van der Waals surface area contributed by atoms with Crippen LogP contribution in [0.1, 0.15) is 11.3 Å². The van der Waals surface area contributed by atoms with Gasteiger partial charge in [-0.3, -0.25) is 9.69 Å². The Morgan fingerprint density at radius 3 is 2.93 bits per heavy atom. The number of imide groups is 1. The first-order chi connectivity index (χ1) is 13.7. The van der Waals surface area contributed by atoms with Crippen LogP contribution in [0.5, 0.6) is 0 Å². The third-order valence-electron chi connectivity index (χ3n) is 4.81. The van der Waals surface area contributed by atoms with Crippen LogP contribution in [0.3, 0.4) is 0 Å². The van der Waals surface area contributed by atoms with Gasteiger partial charge in [0.05, 0.1) is 17.1 Å². The van der Waals surface area contributed by atoms with Gasteiger partial charge in [-0.05, 0) is 23.1 Å². The summed E-state index contributed by atoms with van der Waals surface area (Å²) in [5.41, 5.74) is 2.55. The summed E-state index contributed by atoms with van der Waals surface area (Å²) in [6, 6.07) is 10.7. The van der Waals surface area contributed by atoms with Crippen LogP contribution in [0, 0.1) is 0 Å². The number of carbonyl (C=O) groups excluding carboxylic acids is 2. The maximum absolute atomic E-state index is 12.8. The van der Waals surface area contributed by atoms with Crippen molar-refractivity contribution in [3.05, 3.63) is 65.5 Å². The minimum atomic E-state index is -0.588. The summed E-state index contributed by atoms with van der Waals surface area (Å²) >= 11 is 1.52. The number of amides is 3. The van der Waals surface area contributed by atoms with Gasteiger partial charge in [0.1, 0.15) is 12.3 Å². The second-order valence-corrected chi connectivity index (χ2v) is 7.56. The number of H-pyrrole nitrogens is 1. The normalized spacial score (nSPS) is 16.9. The van der Waals surface area contributed by atoms with Gasteiger partial charge >= 0.3 is 6.03 Å². The zero-order valence-corrected chi connectivity index (χ0v) is 15.5. The molecule has 1 atom stereocenters. The molecule has 0 saturated carbocycles. The van der Waals surface area contributed by atoms with E-state index in [1.807, 2.05) is 48.0 Å². The molecule has 4 heterocycles. The lowest BCUT2D eigenvalue weighted by atomic mass is 10.1. The van der Waals surface area contributed by atoms with E-state index in [0.717, 1.165) is 21.3 Å². The van der Waals surface area contributed by atoms with Gasteiger partial charge in [-0.25, -0.2) is 9.78 Å². The molecule has 140 valence electrons. The standard InChI is InChI=1S/C20H16N4O3S/c25-19-16(8-12-9-21-15-5-2-1-4-14(12)15)23-20(26)24(19)10-13-11-27-18(22-13)17-6-3-7-28-17/h1-7,9,11,16,21H,8,10H2,(H,23,26)/t16-/m1/s1. The average Bonchev–Trinajstić information content (AvgIpc) is 3.48. The van der Waals surface area contributed by atoms with Gasteiger partial charge in [0, 0.05) is 23.5 Å². The van der Waals surface area contributed by atoms with Gasteiger partial charge < -0.3 is 14.7 Å². The molecule has 28 heavy (non-hydrogen) atoms. The Hall–Kier alpha value is -3.39. The Morgan fingerprint density at radius 2 is 2.07 bits per heavy atom. The number of hydrogen-bond donors (Lipinski definition) is 2. The van der Waals surface area contributed by atoms with Crippen LogP contribution in [0.15, 0.2) is 58.7 Å². The van der Waals surface area contributed by atoms with Crippen LogP contribution in [0.25, 0.3) is 21.7 Å². The van der Waals surface area contributed by atoms with Gasteiger partial charge in [-0.1, -0.05) is 24.3 Å². The molecule has 1 aliphatic rings. The van der Waals surface area contributed by atoms with E-state index in [4.69, 9.17) is 4.42 Å². The molecule has 1 fully saturated rings. The van der Waals surface area contributed by atoms with Crippen LogP contribution in [0.4, 0.5) is 4.79 Å². The summed E-state index contributed by atoms with van der Waals surface area (Å²) in [4.78, 5) is 34.8. The molecule has 1 aliphatic heterocycles. The van der Waals surface area contributed by atoms with Crippen molar-refractivity contribution in [1.82, 2.24) is 20.2 Å². The van der Waals surface area contributed by atoms with Crippen molar-refractivity contribution < 1.29 is 14.0 Å². The van der Waals surface area contributed by atoms with Crippen molar-refractivity contribution in [3.8, 4) is 10.8 Å². The highest BCUT2D eigenvalue weighted by Gasteiger charge is 2.38. The third kappa shape index (κ3) is 2.87. The Morgan fingerprint density at radius 1 is 1.18 bits per heavy atom. The number of para-hydroxylation sites is 1. The van der Waals surface area contributed by atoms with Crippen LogP contribution >= 0.6 is 11.3 Å². The summed E-state index contributed by atoms with van der Waals surface area (Å²) in [7, 11) is 0. The first kappa shape index (κ1) is 16.8. The molecule has 8 heteroatoms. The molecule has 7 nitrogen and oxygen atoms in total. The zero-order valence-electron chi connectivity index (χ0n) is 14.7. The molecule has 0 spiro atoms. The number of benzene rings is 1. The molecule has 2 N–H and O–H groups in total. The van der Waals surface area contributed by atoms with Crippen molar-refractivity contribution in [2.24, 2.45) is 0 Å². The number of nitrogens with zero attached hydrogens (tertiary/aromatic N) is 2. The SMILES string of the molecule is O=C1N[C@H](Cc2c[nH]c3ccccc23)C(=O)N1Cc1coc(-c2cccs2)n1. The molecule has 1 aromatic carbocycles. The summed E-state index contributed by atoms with van der Waals surface area (Å²) < 4.78 is 5.48. The second kappa shape index (κ2) is 6.65. The number of urea groups is 1. The smallest absolute Gasteiger partial charge is 0.325 e. The number of thiophene rings is 1. The first-order valence-electron chi connectivity index (χ1n) is 8.84. The Bertz CT molecular complexity index is 1160. The molecule has 1 saturated heterocycles. The van der Waals surface area contributed by atoms with Crippen LogP contribution in [0.2, 0.25) is 0 Å². The summed E-state index contributed by atoms with van der Waals surface area (Å²) in [5.74, 6) is 0.239. The van der Waals surface area contributed by atoms with Crippen molar-refractivity contribution in [2.75, 3.05) is 0 Å². The Kier molecular flexibility index (Phi) is 3.98. The lowest BCUT2D eigenvalue weighted by Crippen LogP contribution is -2.32. The van der Waals surface area contributed by atoms with E-state index in [0.29, 0.717) is 18.0 Å². The van der Waals surface area contributed by atoms with Crippen molar-refractivity contribution in [1.29, 1.82) is 0 Å². The van der Waals surface area contributed by atoms with E-state index in [2.05, 4.69) is 15.3 Å². The van der Waals surface area contributed by atoms with Gasteiger partial charge in [-0.2, -0.15) is 0 Å². The molecule has 3 aromatic heterocycles. The zero-order chi connectivity index (χ0) is 19.1. The second-order valence-electron chi connectivity index (χ2n) is 6.61. The van der Waals surface area contributed by atoms with Crippen molar-refractivity contribution in [2.45, 2.75) is 19.0 Å². The number of aromatic nitrogens is 2. The van der Waals surface area contributed by atoms with E-state index in [-0.39, 0.29) is 12.5 Å². The quantitative estimate of drug-likeness (QED) is 0.508. The Balaban J connectivity index is 1.32. The molecule has 3 amide bonds. The van der Waals surface area contributed by atoms with E-state index < -0.39 is 12.1 Å². The maximum atomic E-state index is 12.8. The van der Waals surface area contributed by atoms with E-state index in [1.54, 1.807) is 0 Å². The highest BCUT2D eigenvalue weighted by molar-refractivity contribution is 7.13. The first-order valence-corrected chi connectivity index (χ1v) is 9.72. The van der Waals surface area contributed by atoms with Gasteiger partial charge in [0.25, 0.3) is 5.91 Å². The fourth-order valence-corrected chi connectivity index (χ4v) is 4.10. The predicted octanol–water partition coefficient (Wildman–Crippen LogP) is 3.55. The highest BCUT2D eigenvalue weighted by atomic mass is 32.1. The maximum Gasteiger partial charge on any atom is 0.325 e. The average molecular weight is 392 g/mol. The molecular formula is C20H16N4O3S. The molecular weight excluding hydrogens is 376 g/mol. The van der Waals surface area contributed by atoms with E-state index in [1.165, 1.54) is 22.5 Å². The van der Waals surface area contributed by atoms with Crippen molar-refractivity contribution in [3.63, 3.8) is 0 Å². The van der Waals surface area contributed by atoms with Crippen LogP contribution in [-0.2, 0) is 17.8 Å². The van der Waals surface area contributed by atoms with E-state index in [9.17, 15) is 9.59 Å². The monoisotopic (exact) mass is 392 g/mol. The topological polar surface area (TPSA) is 91.2 Å². The lowest BCUT2D eigenvalue weighted by Gasteiger charge is -2.10. The number of aromatic amines is 1. The number of fused-ring (bicyclic) bond motifs is 1. The minimum Gasteiger partial charge on any atom is -0.443 e. The summed E-state index contributed by atoms with van der Waals surface area (Å²) in [6.07, 6.45) is 3.81.